The first-order valence-electron chi connectivity index (χ1n) is 4.40. The predicted molar refractivity (Wildman–Crippen MR) is 54.4 cm³/mol. The molecule has 1 saturated heterocycles. The molecule has 0 N–H and O–H groups in total. The van der Waals surface area contributed by atoms with Crippen LogP contribution in [0, 0.1) is 5.92 Å². The minimum absolute atomic E-state index is 0.417. The summed E-state index contributed by atoms with van der Waals surface area (Å²) in [4.78, 5) is 0. The molecule has 12 heavy (non-hydrogen) atoms. The van der Waals surface area contributed by atoms with Gasteiger partial charge in [0.25, 0.3) is 0 Å². The summed E-state index contributed by atoms with van der Waals surface area (Å²) in [5.74, 6) is 1.49. The van der Waals surface area contributed by atoms with Crippen LogP contribution in [0.4, 0.5) is 0 Å². The van der Waals surface area contributed by atoms with Gasteiger partial charge in [0.2, 0.25) is 0 Å². The maximum Gasteiger partial charge on any atom is 0.150 e. The van der Waals surface area contributed by atoms with E-state index in [4.69, 9.17) is 0 Å². The van der Waals surface area contributed by atoms with Crippen LogP contribution in [0.3, 0.4) is 0 Å². The van der Waals surface area contributed by atoms with Gasteiger partial charge in [0, 0.05) is 5.33 Å². The molecule has 1 heterocycles. The summed E-state index contributed by atoms with van der Waals surface area (Å²) in [6, 6.07) is 0. The Morgan fingerprint density at radius 3 is 2.33 bits per heavy atom. The minimum Gasteiger partial charge on any atom is -0.229 e. The van der Waals surface area contributed by atoms with Crippen molar-refractivity contribution in [3.63, 3.8) is 0 Å². The smallest absolute Gasteiger partial charge is 0.150 e. The molecule has 4 heteroatoms. The van der Waals surface area contributed by atoms with Crippen molar-refractivity contribution in [1.82, 2.24) is 0 Å². The quantitative estimate of drug-likeness (QED) is 0.723. The van der Waals surface area contributed by atoms with Gasteiger partial charge in [-0.25, -0.2) is 8.42 Å². The lowest BCUT2D eigenvalue weighted by Crippen LogP contribution is -2.23. The molecule has 72 valence electrons. The van der Waals surface area contributed by atoms with Crippen LogP contribution in [-0.2, 0) is 9.84 Å². The van der Waals surface area contributed by atoms with Gasteiger partial charge in [-0.05, 0) is 31.6 Å². The molecule has 2 nitrogen and oxygen atoms in total. The first-order valence-corrected chi connectivity index (χ1v) is 7.35. The van der Waals surface area contributed by atoms with Crippen LogP contribution in [0.1, 0.15) is 25.7 Å². The van der Waals surface area contributed by atoms with Crippen molar-refractivity contribution in [2.24, 2.45) is 5.92 Å². The van der Waals surface area contributed by atoms with Crippen molar-refractivity contribution in [2.45, 2.75) is 25.7 Å². The van der Waals surface area contributed by atoms with Crippen molar-refractivity contribution >= 4 is 25.8 Å². The van der Waals surface area contributed by atoms with Gasteiger partial charge in [0.15, 0.2) is 0 Å². The van der Waals surface area contributed by atoms with Crippen LogP contribution >= 0.6 is 15.9 Å². The number of alkyl halides is 1. The fourth-order valence-corrected chi connectivity index (χ4v) is 3.51. The third-order valence-corrected chi connectivity index (χ3v) is 4.70. The molecule has 0 aromatic carbocycles. The molecule has 0 amide bonds. The summed E-state index contributed by atoms with van der Waals surface area (Å²) in [7, 11) is -2.65. The standard InChI is InChI=1S/C8H15BrO2S/c9-5-1-2-8-3-6-12(10,11)7-4-8/h8H,1-7H2. The van der Waals surface area contributed by atoms with Crippen molar-refractivity contribution in [1.29, 1.82) is 0 Å². The molecular formula is C8H15BrO2S. The summed E-state index contributed by atoms with van der Waals surface area (Å²) in [5, 5.41) is 1.04. The highest BCUT2D eigenvalue weighted by Crippen LogP contribution is 2.23. The normalized spacial score (nSPS) is 24.1. The van der Waals surface area contributed by atoms with Crippen LogP contribution < -0.4 is 0 Å². The van der Waals surface area contributed by atoms with E-state index in [1.807, 2.05) is 0 Å². The first kappa shape index (κ1) is 10.5. The monoisotopic (exact) mass is 254 g/mol. The average Bonchev–Trinajstić information content (AvgIpc) is 2.03. The van der Waals surface area contributed by atoms with Crippen molar-refractivity contribution in [3.8, 4) is 0 Å². The highest BCUT2D eigenvalue weighted by atomic mass is 79.9. The van der Waals surface area contributed by atoms with Crippen LogP contribution in [0.5, 0.6) is 0 Å². The highest BCUT2D eigenvalue weighted by Gasteiger charge is 2.22. The molecule has 0 saturated carbocycles. The first-order chi connectivity index (χ1) is 5.64. The summed E-state index contributed by atoms with van der Waals surface area (Å²) in [6.07, 6.45) is 4.12. The lowest BCUT2D eigenvalue weighted by atomic mass is 9.98. The van der Waals surface area contributed by atoms with E-state index >= 15 is 0 Å². The molecule has 0 aliphatic carbocycles. The van der Waals surface area contributed by atoms with Gasteiger partial charge in [-0.2, -0.15) is 0 Å². The van der Waals surface area contributed by atoms with Crippen molar-refractivity contribution < 1.29 is 8.42 Å². The summed E-state index contributed by atoms with van der Waals surface area (Å²) in [6.45, 7) is 0. The van der Waals surface area contributed by atoms with Gasteiger partial charge < -0.3 is 0 Å². The third-order valence-electron chi connectivity index (χ3n) is 2.42. The molecule has 0 aromatic rings. The van der Waals surface area contributed by atoms with E-state index in [9.17, 15) is 8.42 Å². The molecule has 1 rings (SSSR count). The van der Waals surface area contributed by atoms with Crippen LogP contribution in [0.2, 0.25) is 0 Å². The molecular weight excluding hydrogens is 240 g/mol. The minimum atomic E-state index is -2.65. The Bertz CT molecular complexity index is 209. The molecule has 0 spiro atoms. The number of hydrogen-bond acceptors (Lipinski definition) is 2. The Hall–Kier alpha value is 0.430. The second kappa shape index (κ2) is 4.61. The molecule has 0 bridgehead atoms. The Kier molecular flexibility index (Phi) is 4.03. The van der Waals surface area contributed by atoms with E-state index in [1.54, 1.807) is 0 Å². The fourth-order valence-electron chi connectivity index (χ4n) is 1.59. The predicted octanol–water partition coefficient (Wildman–Crippen LogP) is 1.99. The van der Waals surface area contributed by atoms with Crippen LogP contribution in [-0.4, -0.2) is 25.3 Å². The largest absolute Gasteiger partial charge is 0.229 e. The van der Waals surface area contributed by atoms with Crippen molar-refractivity contribution in [2.75, 3.05) is 16.8 Å². The topological polar surface area (TPSA) is 34.1 Å². The van der Waals surface area contributed by atoms with Gasteiger partial charge in [0.1, 0.15) is 9.84 Å². The Labute approximate surface area is 82.8 Å². The maximum absolute atomic E-state index is 11.1. The van der Waals surface area contributed by atoms with E-state index in [2.05, 4.69) is 15.9 Å². The molecule has 0 atom stereocenters. The van der Waals surface area contributed by atoms with Gasteiger partial charge in [0.05, 0.1) is 11.5 Å². The maximum atomic E-state index is 11.1. The molecule has 1 aliphatic rings. The summed E-state index contributed by atoms with van der Waals surface area (Å²) < 4.78 is 22.1. The van der Waals surface area contributed by atoms with E-state index in [0.717, 1.165) is 18.2 Å². The van der Waals surface area contributed by atoms with Gasteiger partial charge >= 0.3 is 0 Å². The van der Waals surface area contributed by atoms with Gasteiger partial charge in [-0.1, -0.05) is 15.9 Å². The second-order valence-electron chi connectivity index (χ2n) is 3.43. The second-order valence-corrected chi connectivity index (χ2v) is 6.52. The van der Waals surface area contributed by atoms with Crippen molar-refractivity contribution in [3.05, 3.63) is 0 Å². The van der Waals surface area contributed by atoms with E-state index in [0.29, 0.717) is 17.4 Å². The lowest BCUT2D eigenvalue weighted by molar-refractivity contribution is 0.433. The Morgan fingerprint density at radius 1 is 1.25 bits per heavy atom. The van der Waals surface area contributed by atoms with Crippen LogP contribution in [0.25, 0.3) is 0 Å². The zero-order chi connectivity index (χ0) is 9.03. The zero-order valence-corrected chi connectivity index (χ0v) is 9.53. The number of hydrogen-bond donors (Lipinski definition) is 0. The number of rotatable bonds is 3. The third kappa shape index (κ3) is 3.44. The SMILES string of the molecule is O=S1(=O)CCC(CCCBr)CC1. The molecule has 1 fully saturated rings. The van der Waals surface area contributed by atoms with Gasteiger partial charge in [-0.3, -0.25) is 0 Å². The molecule has 1 aliphatic heterocycles. The Morgan fingerprint density at radius 2 is 1.83 bits per heavy atom. The number of sulfone groups is 1. The average molecular weight is 255 g/mol. The van der Waals surface area contributed by atoms with E-state index in [-0.39, 0.29) is 0 Å². The lowest BCUT2D eigenvalue weighted by Gasteiger charge is -2.21. The number of halogens is 1. The van der Waals surface area contributed by atoms with E-state index in [1.165, 1.54) is 12.8 Å². The Balaban J connectivity index is 2.27. The summed E-state index contributed by atoms with van der Waals surface area (Å²) in [5.41, 5.74) is 0. The summed E-state index contributed by atoms with van der Waals surface area (Å²) >= 11 is 3.38. The molecule has 0 aromatic heterocycles. The highest BCUT2D eigenvalue weighted by molar-refractivity contribution is 9.09. The molecule has 0 unspecified atom stereocenters. The van der Waals surface area contributed by atoms with E-state index < -0.39 is 9.84 Å². The fraction of sp³-hybridized carbons (Fsp3) is 1.00. The zero-order valence-electron chi connectivity index (χ0n) is 7.13. The van der Waals surface area contributed by atoms with Crippen LogP contribution in [0.15, 0.2) is 0 Å². The molecule has 0 radical (unpaired) electrons. The van der Waals surface area contributed by atoms with Gasteiger partial charge in [-0.15, -0.1) is 0 Å².